The molecule has 0 unspecified atom stereocenters. The second-order valence-electron chi connectivity index (χ2n) is 8.46. The molecule has 8 heteroatoms. The number of anilines is 1. The van der Waals surface area contributed by atoms with Crippen molar-refractivity contribution in [2.75, 3.05) is 11.6 Å². The highest BCUT2D eigenvalue weighted by atomic mass is 19.4. The number of nitrogens with one attached hydrogen (secondary N) is 1. The van der Waals surface area contributed by atoms with Crippen molar-refractivity contribution in [3.8, 4) is 11.5 Å². The average Bonchev–Trinajstić information content (AvgIpc) is 2.65. The van der Waals surface area contributed by atoms with Crippen molar-refractivity contribution >= 4 is 11.7 Å². The van der Waals surface area contributed by atoms with Crippen LogP contribution < -0.4 is 15.2 Å². The maximum atomic E-state index is 14.0. The van der Waals surface area contributed by atoms with Crippen LogP contribution in [0.4, 0.5) is 18.9 Å². The van der Waals surface area contributed by atoms with Crippen molar-refractivity contribution in [3.05, 3.63) is 53.1 Å². The summed E-state index contributed by atoms with van der Waals surface area (Å²) in [7, 11) is 0. The molecule has 0 heterocycles. The number of halogens is 3. The molecule has 2 N–H and O–H groups in total. The highest BCUT2D eigenvalue weighted by Crippen LogP contribution is 2.45. The van der Waals surface area contributed by atoms with Gasteiger partial charge in [0, 0.05) is 12.1 Å². The third-order valence-electron chi connectivity index (χ3n) is 4.36. The van der Waals surface area contributed by atoms with E-state index in [0.29, 0.717) is 19.0 Å². The zero-order chi connectivity index (χ0) is 23.4. The van der Waals surface area contributed by atoms with Gasteiger partial charge in [0.15, 0.2) is 5.75 Å². The highest BCUT2D eigenvalue weighted by Gasteiger charge is 2.38. The first-order valence-corrected chi connectivity index (χ1v) is 10.1. The van der Waals surface area contributed by atoms with Crippen molar-refractivity contribution in [2.24, 2.45) is 0 Å². The molecule has 0 atom stereocenters. The van der Waals surface area contributed by atoms with Crippen molar-refractivity contribution in [3.63, 3.8) is 0 Å². The van der Waals surface area contributed by atoms with Gasteiger partial charge in [-0.1, -0.05) is 31.0 Å². The van der Waals surface area contributed by atoms with Gasteiger partial charge in [0.1, 0.15) is 11.3 Å². The van der Waals surface area contributed by atoms with Crippen LogP contribution in [0.5, 0.6) is 11.5 Å². The third-order valence-corrected chi connectivity index (χ3v) is 4.36. The van der Waals surface area contributed by atoms with E-state index >= 15 is 0 Å². The molecule has 170 valence electrons. The van der Waals surface area contributed by atoms with Crippen LogP contribution in [-0.4, -0.2) is 23.2 Å². The zero-order valence-electron chi connectivity index (χ0n) is 18.4. The maximum absolute atomic E-state index is 14.0. The summed E-state index contributed by atoms with van der Waals surface area (Å²) < 4.78 is 47.7. The smallest absolute Gasteiger partial charge is 0.420 e. The number of hydrazine groups is 1. The van der Waals surface area contributed by atoms with Crippen LogP contribution in [0.1, 0.15) is 62.0 Å². The summed E-state index contributed by atoms with van der Waals surface area (Å²) in [5, 5.41) is 11.0. The SMILES string of the molecule is CCCCN(NC(C)(C)C)c1cc(C(=O)O)cc(C(F)(F)F)c1Oc1ccc(C)cc1. The van der Waals surface area contributed by atoms with Gasteiger partial charge in [-0.3, -0.25) is 0 Å². The number of nitrogens with zero attached hydrogens (tertiary/aromatic N) is 1. The molecule has 0 bridgehead atoms. The molecular formula is C23H29F3N2O3. The Bertz CT molecular complexity index is 904. The van der Waals surface area contributed by atoms with Crippen LogP contribution in [0.3, 0.4) is 0 Å². The molecule has 0 amide bonds. The summed E-state index contributed by atoms with van der Waals surface area (Å²) in [5.41, 5.74) is 2.06. The molecule has 0 saturated heterocycles. The number of ether oxygens (including phenoxy) is 1. The topological polar surface area (TPSA) is 61.8 Å². The van der Waals surface area contributed by atoms with E-state index in [9.17, 15) is 23.1 Å². The van der Waals surface area contributed by atoms with Crippen LogP contribution in [0, 0.1) is 6.92 Å². The number of rotatable bonds is 8. The van der Waals surface area contributed by atoms with Crippen molar-refractivity contribution in [2.45, 2.75) is 59.2 Å². The van der Waals surface area contributed by atoms with Crippen LogP contribution in [0.15, 0.2) is 36.4 Å². The summed E-state index contributed by atoms with van der Waals surface area (Å²) in [6, 6.07) is 8.46. The Hall–Kier alpha value is -2.74. The maximum Gasteiger partial charge on any atom is 0.420 e. The predicted molar refractivity (Wildman–Crippen MR) is 115 cm³/mol. The molecule has 2 aromatic carbocycles. The molecule has 0 radical (unpaired) electrons. The van der Waals surface area contributed by atoms with E-state index in [1.807, 2.05) is 34.6 Å². The molecule has 0 aromatic heterocycles. The van der Waals surface area contributed by atoms with E-state index in [-0.39, 0.29) is 11.4 Å². The van der Waals surface area contributed by atoms with E-state index in [1.165, 1.54) is 6.07 Å². The molecule has 5 nitrogen and oxygen atoms in total. The number of hydrogen-bond acceptors (Lipinski definition) is 4. The summed E-state index contributed by atoms with van der Waals surface area (Å²) >= 11 is 0. The Labute approximate surface area is 180 Å². The first-order chi connectivity index (χ1) is 14.3. The van der Waals surface area contributed by atoms with Crippen molar-refractivity contribution in [1.82, 2.24) is 5.43 Å². The molecular weight excluding hydrogens is 409 g/mol. The molecule has 0 saturated carbocycles. The largest absolute Gasteiger partial charge is 0.478 e. The van der Waals surface area contributed by atoms with Gasteiger partial charge in [0.05, 0.1) is 11.3 Å². The van der Waals surface area contributed by atoms with E-state index in [2.05, 4.69) is 5.43 Å². The van der Waals surface area contributed by atoms with Crippen molar-refractivity contribution < 1.29 is 27.8 Å². The van der Waals surface area contributed by atoms with E-state index in [0.717, 1.165) is 12.0 Å². The molecule has 0 aliphatic carbocycles. The number of carboxylic acid groups (broad SMARTS) is 1. The molecule has 0 fully saturated rings. The summed E-state index contributed by atoms with van der Waals surface area (Å²) in [6.07, 6.45) is -3.31. The Morgan fingerprint density at radius 3 is 2.23 bits per heavy atom. The minimum Gasteiger partial charge on any atom is -0.478 e. The summed E-state index contributed by atoms with van der Waals surface area (Å²) in [6.45, 7) is 9.82. The Morgan fingerprint density at radius 1 is 1.13 bits per heavy atom. The van der Waals surface area contributed by atoms with E-state index in [4.69, 9.17) is 4.74 Å². The van der Waals surface area contributed by atoms with Crippen LogP contribution in [-0.2, 0) is 6.18 Å². The lowest BCUT2D eigenvalue weighted by molar-refractivity contribution is -0.138. The fraction of sp³-hybridized carbons (Fsp3) is 0.435. The van der Waals surface area contributed by atoms with Gasteiger partial charge in [-0.2, -0.15) is 13.2 Å². The number of carbonyl (C=O) groups is 1. The van der Waals surface area contributed by atoms with Gasteiger partial charge >= 0.3 is 12.1 Å². The fourth-order valence-electron chi connectivity index (χ4n) is 2.94. The minimum absolute atomic E-state index is 0.0242. The van der Waals surface area contributed by atoms with Gasteiger partial charge in [-0.15, -0.1) is 0 Å². The second kappa shape index (κ2) is 9.60. The van der Waals surface area contributed by atoms with Crippen LogP contribution >= 0.6 is 0 Å². The quantitative estimate of drug-likeness (QED) is 0.466. The number of aromatic carboxylic acids is 1. The lowest BCUT2D eigenvalue weighted by Crippen LogP contribution is -2.50. The molecule has 2 rings (SSSR count). The number of benzene rings is 2. The molecule has 2 aromatic rings. The third kappa shape index (κ3) is 6.89. The Balaban J connectivity index is 2.74. The summed E-state index contributed by atoms with van der Waals surface area (Å²) in [5.74, 6) is -1.65. The minimum atomic E-state index is -4.81. The van der Waals surface area contributed by atoms with Gasteiger partial charge in [-0.25, -0.2) is 10.2 Å². The number of alkyl halides is 3. The van der Waals surface area contributed by atoms with Crippen LogP contribution in [0.2, 0.25) is 0 Å². The normalized spacial score (nSPS) is 12.0. The fourth-order valence-corrected chi connectivity index (χ4v) is 2.94. The van der Waals surface area contributed by atoms with E-state index < -0.39 is 34.6 Å². The average molecular weight is 438 g/mol. The van der Waals surface area contributed by atoms with Gasteiger partial charge in [-0.05, 0) is 58.4 Å². The number of aryl methyl sites for hydroxylation is 1. The predicted octanol–water partition coefficient (Wildman–Crippen LogP) is 6.41. The lowest BCUT2D eigenvalue weighted by atomic mass is 10.1. The number of unbranched alkanes of at least 4 members (excludes halogenated alkanes) is 1. The van der Waals surface area contributed by atoms with Crippen molar-refractivity contribution in [1.29, 1.82) is 0 Å². The zero-order valence-corrected chi connectivity index (χ0v) is 18.4. The monoisotopic (exact) mass is 438 g/mol. The van der Waals surface area contributed by atoms with E-state index in [1.54, 1.807) is 29.3 Å². The Kier molecular flexibility index (Phi) is 7.59. The standard InChI is InChI=1S/C23H29F3N2O3/c1-6-7-12-28(27-22(3,4)5)19-14-16(21(29)30)13-18(23(24,25)26)20(19)31-17-10-8-15(2)9-11-17/h8-11,13-14,27H,6-7,12H2,1-5H3,(H,29,30). The first-order valence-electron chi connectivity index (χ1n) is 10.1. The number of carboxylic acids is 1. The lowest BCUT2D eigenvalue weighted by Gasteiger charge is -2.35. The molecule has 0 aliphatic heterocycles. The van der Waals surface area contributed by atoms with Gasteiger partial charge in [0.25, 0.3) is 0 Å². The van der Waals surface area contributed by atoms with Gasteiger partial charge in [0.2, 0.25) is 0 Å². The number of hydrogen-bond donors (Lipinski definition) is 2. The highest BCUT2D eigenvalue weighted by molar-refractivity contribution is 5.90. The Morgan fingerprint density at radius 2 is 1.74 bits per heavy atom. The molecule has 0 aliphatic rings. The van der Waals surface area contributed by atoms with Gasteiger partial charge < -0.3 is 14.9 Å². The molecule has 0 spiro atoms. The first kappa shape index (κ1) is 24.5. The molecule has 31 heavy (non-hydrogen) atoms. The second-order valence-corrected chi connectivity index (χ2v) is 8.46. The summed E-state index contributed by atoms with van der Waals surface area (Å²) in [4.78, 5) is 11.6. The van der Waals surface area contributed by atoms with Crippen LogP contribution in [0.25, 0.3) is 0 Å².